The average molecular weight is 325 g/mol. The minimum atomic E-state index is 0.00534. The Hall–Kier alpha value is -2.14. The van der Waals surface area contributed by atoms with Crippen LogP contribution in [0.5, 0.6) is 0 Å². The Kier molecular flexibility index (Phi) is 3.88. The first-order chi connectivity index (χ1) is 11.6. The molecular formula is C19H23N3O2. The fraction of sp³-hybridized carbons (Fsp3) is 0.474. The highest BCUT2D eigenvalue weighted by molar-refractivity contribution is 5.82. The zero-order chi connectivity index (χ0) is 16.7. The fourth-order valence-electron chi connectivity index (χ4n) is 4.28. The van der Waals surface area contributed by atoms with Gasteiger partial charge in [0, 0.05) is 36.3 Å². The molecule has 2 saturated heterocycles. The van der Waals surface area contributed by atoms with Crippen LogP contribution in [0.25, 0.3) is 10.9 Å². The van der Waals surface area contributed by atoms with Crippen molar-refractivity contribution in [1.29, 1.82) is 0 Å². The molecule has 5 nitrogen and oxygen atoms in total. The molecule has 2 fully saturated rings. The lowest BCUT2D eigenvalue weighted by atomic mass is 10.1. The van der Waals surface area contributed by atoms with Gasteiger partial charge in [-0.2, -0.15) is 0 Å². The Morgan fingerprint density at radius 3 is 2.79 bits per heavy atom. The maximum Gasteiger partial charge on any atom is 0.243 e. The molecular weight excluding hydrogens is 302 g/mol. The van der Waals surface area contributed by atoms with Gasteiger partial charge >= 0.3 is 0 Å². The number of carbonyl (C=O) groups excluding carboxylic acids is 1. The topological polar surface area (TPSA) is 45.5 Å². The molecule has 1 aromatic heterocycles. The van der Waals surface area contributed by atoms with Gasteiger partial charge < -0.3 is 14.4 Å². The van der Waals surface area contributed by atoms with Gasteiger partial charge in [-0.05, 0) is 45.0 Å². The van der Waals surface area contributed by atoms with Gasteiger partial charge in [-0.15, -0.1) is 0 Å². The molecule has 3 heterocycles. The van der Waals surface area contributed by atoms with Crippen molar-refractivity contribution in [3.05, 3.63) is 46.8 Å². The summed E-state index contributed by atoms with van der Waals surface area (Å²) in [6.07, 6.45) is 5.03. The normalized spacial score (nSPS) is 24.3. The maximum atomic E-state index is 13.0. The van der Waals surface area contributed by atoms with E-state index in [4.69, 9.17) is 0 Å². The first-order valence-corrected chi connectivity index (χ1v) is 8.71. The highest BCUT2D eigenvalue weighted by Crippen LogP contribution is 2.30. The van der Waals surface area contributed by atoms with Crippen LogP contribution in [-0.4, -0.2) is 52.5 Å². The first kappa shape index (κ1) is 15.4. The number of nitrogens with zero attached hydrogens (tertiary/aromatic N) is 3. The van der Waals surface area contributed by atoms with Crippen LogP contribution in [0.15, 0.2) is 41.3 Å². The molecule has 0 N–H and O–H groups in total. The number of hydrogen-bond donors (Lipinski definition) is 0. The molecule has 2 atom stereocenters. The zero-order valence-corrected chi connectivity index (χ0v) is 14.0. The summed E-state index contributed by atoms with van der Waals surface area (Å²) < 4.78 is 1.91. The molecule has 0 spiro atoms. The lowest BCUT2D eigenvalue weighted by Crippen LogP contribution is -2.44. The number of carbonyl (C=O) groups is 1. The number of pyridine rings is 1. The van der Waals surface area contributed by atoms with Crippen LogP contribution in [0, 0.1) is 0 Å². The van der Waals surface area contributed by atoms with Crippen LogP contribution in [0.3, 0.4) is 0 Å². The largest absolute Gasteiger partial charge is 0.338 e. The third-order valence-electron chi connectivity index (χ3n) is 5.46. The second-order valence-corrected chi connectivity index (χ2v) is 7.06. The Bertz CT molecular complexity index is 829. The van der Waals surface area contributed by atoms with Gasteiger partial charge in [0.1, 0.15) is 6.54 Å². The Morgan fingerprint density at radius 1 is 1.12 bits per heavy atom. The molecule has 24 heavy (non-hydrogen) atoms. The van der Waals surface area contributed by atoms with E-state index >= 15 is 0 Å². The number of fused-ring (bicyclic) bond motifs is 3. The molecule has 4 rings (SSSR count). The summed E-state index contributed by atoms with van der Waals surface area (Å²) in [5.74, 6) is 0.173. The molecule has 2 aromatic rings. The van der Waals surface area contributed by atoms with Crippen molar-refractivity contribution in [2.45, 2.75) is 37.9 Å². The van der Waals surface area contributed by atoms with Crippen LogP contribution in [0.2, 0.25) is 0 Å². The van der Waals surface area contributed by atoms with Gasteiger partial charge in [0.25, 0.3) is 0 Å². The van der Waals surface area contributed by atoms with Crippen LogP contribution < -0.4 is 5.43 Å². The number of benzene rings is 1. The van der Waals surface area contributed by atoms with E-state index in [-0.39, 0.29) is 11.3 Å². The molecule has 0 radical (unpaired) electrons. The summed E-state index contributed by atoms with van der Waals surface area (Å²) in [6.45, 7) is 2.33. The van der Waals surface area contributed by atoms with Gasteiger partial charge in [0.15, 0.2) is 5.43 Å². The van der Waals surface area contributed by atoms with Crippen LogP contribution in [0.1, 0.15) is 19.3 Å². The zero-order valence-electron chi connectivity index (χ0n) is 14.0. The number of likely N-dealkylation sites (N-methyl/N-ethyl adjacent to an activating group) is 1. The molecule has 1 aromatic carbocycles. The monoisotopic (exact) mass is 325 g/mol. The highest BCUT2D eigenvalue weighted by Gasteiger charge is 2.39. The average Bonchev–Trinajstić information content (AvgIpc) is 2.89. The van der Waals surface area contributed by atoms with E-state index in [1.807, 2.05) is 28.8 Å². The van der Waals surface area contributed by atoms with E-state index < -0.39 is 0 Å². The number of hydrogen-bond acceptors (Lipinski definition) is 3. The van der Waals surface area contributed by atoms with Crippen molar-refractivity contribution in [1.82, 2.24) is 14.4 Å². The number of aromatic nitrogens is 1. The third-order valence-corrected chi connectivity index (χ3v) is 5.46. The Balaban J connectivity index is 1.63. The molecule has 2 aliphatic rings. The van der Waals surface area contributed by atoms with Crippen molar-refractivity contribution < 1.29 is 4.79 Å². The Labute approximate surface area is 141 Å². The summed E-state index contributed by atoms with van der Waals surface area (Å²) in [7, 11) is 2.14. The maximum absolute atomic E-state index is 13.0. The summed E-state index contributed by atoms with van der Waals surface area (Å²) in [6, 6.07) is 9.77. The summed E-state index contributed by atoms with van der Waals surface area (Å²) in [5, 5.41) is 0.673. The van der Waals surface area contributed by atoms with Gasteiger partial charge in [0.2, 0.25) is 5.91 Å². The number of amides is 1. The fourth-order valence-corrected chi connectivity index (χ4v) is 4.28. The SMILES string of the molecule is CN1CC[C@H]2CC[C@@H](C1)N2C(=O)Cn1ccc(=O)c2ccccc21. The number of para-hydroxylation sites is 1. The number of likely N-dealkylation sites (tertiary alicyclic amines) is 1. The Morgan fingerprint density at radius 2 is 1.92 bits per heavy atom. The van der Waals surface area contributed by atoms with Crippen LogP contribution in [0.4, 0.5) is 0 Å². The van der Waals surface area contributed by atoms with E-state index in [9.17, 15) is 9.59 Å². The minimum Gasteiger partial charge on any atom is -0.338 e. The van der Waals surface area contributed by atoms with Gasteiger partial charge in [-0.1, -0.05) is 12.1 Å². The molecule has 5 heteroatoms. The second-order valence-electron chi connectivity index (χ2n) is 7.06. The van der Waals surface area contributed by atoms with Crippen LogP contribution >= 0.6 is 0 Å². The lowest BCUT2D eigenvalue weighted by Gasteiger charge is -2.29. The third kappa shape index (κ3) is 2.63. The first-order valence-electron chi connectivity index (χ1n) is 8.71. The van der Waals surface area contributed by atoms with Gasteiger partial charge in [0.05, 0.1) is 5.52 Å². The molecule has 126 valence electrons. The van der Waals surface area contributed by atoms with Gasteiger partial charge in [-0.25, -0.2) is 0 Å². The summed E-state index contributed by atoms with van der Waals surface area (Å²) in [4.78, 5) is 29.5. The van der Waals surface area contributed by atoms with Crippen molar-refractivity contribution in [2.24, 2.45) is 0 Å². The van der Waals surface area contributed by atoms with Crippen molar-refractivity contribution in [3.8, 4) is 0 Å². The molecule has 0 aliphatic carbocycles. The second kappa shape index (κ2) is 6.06. The van der Waals surface area contributed by atoms with E-state index in [0.717, 1.165) is 37.9 Å². The predicted molar refractivity (Wildman–Crippen MR) is 94.0 cm³/mol. The van der Waals surface area contributed by atoms with E-state index in [0.29, 0.717) is 24.0 Å². The molecule has 2 aliphatic heterocycles. The van der Waals surface area contributed by atoms with E-state index in [1.54, 1.807) is 12.3 Å². The van der Waals surface area contributed by atoms with Crippen LogP contribution in [-0.2, 0) is 11.3 Å². The lowest BCUT2D eigenvalue weighted by molar-refractivity contribution is -0.134. The van der Waals surface area contributed by atoms with Crippen molar-refractivity contribution in [3.63, 3.8) is 0 Å². The standard InChI is InChI=1S/C19H23N3O2/c1-20-10-8-14-6-7-15(12-20)22(14)19(24)13-21-11-9-18(23)16-4-2-3-5-17(16)21/h2-5,9,11,14-15H,6-8,10,12-13H2,1H3/t14-,15+/m1/s1. The predicted octanol–water partition coefficient (Wildman–Crippen LogP) is 1.70. The molecule has 1 amide bonds. The summed E-state index contributed by atoms with van der Waals surface area (Å²) in [5.41, 5.74) is 0.836. The highest BCUT2D eigenvalue weighted by atomic mass is 16.2. The van der Waals surface area contributed by atoms with Crippen molar-refractivity contribution >= 4 is 16.8 Å². The minimum absolute atomic E-state index is 0.00534. The molecule has 0 unspecified atom stereocenters. The number of rotatable bonds is 2. The molecule has 2 bridgehead atoms. The summed E-state index contributed by atoms with van der Waals surface area (Å²) >= 11 is 0. The quantitative estimate of drug-likeness (QED) is 0.844. The van der Waals surface area contributed by atoms with Gasteiger partial charge in [-0.3, -0.25) is 9.59 Å². The van der Waals surface area contributed by atoms with E-state index in [2.05, 4.69) is 16.8 Å². The smallest absolute Gasteiger partial charge is 0.243 e. The van der Waals surface area contributed by atoms with Crippen molar-refractivity contribution in [2.75, 3.05) is 20.1 Å². The van der Waals surface area contributed by atoms with E-state index in [1.165, 1.54) is 0 Å². The molecule has 0 saturated carbocycles.